The molecule has 0 N–H and O–H groups in total. The number of unbranched alkanes of at least 4 members (excludes halogenated alkanes) is 4. The molecule has 2 atom stereocenters. The lowest BCUT2D eigenvalue weighted by atomic mass is 10.0. The molecule has 0 aromatic heterocycles. The van der Waals surface area contributed by atoms with Crippen molar-refractivity contribution in [2.24, 2.45) is 17.8 Å². The van der Waals surface area contributed by atoms with Gasteiger partial charge in [0.1, 0.15) is 5.78 Å². The quantitative estimate of drug-likeness (QED) is 0.490. The molecular weight excluding hydrogens is 208 g/mol. The van der Waals surface area contributed by atoms with E-state index < -0.39 is 0 Å². The maximum atomic E-state index is 11.5. The first kappa shape index (κ1) is 14.7. The summed E-state index contributed by atoms with van der Waals surface area (Å²) in [6.45, 7) is 6.30. The summed E-state index contributed by atoms with van der Waals surface area (Å²) in [5.74, 6) is 2.56. The fraction of sp³-hybridized carbons (Fsp3) is 0.938. The van der Waals surface area contributed by atoms with Crippen LogP contribution in [0.5, 0.6) is 0 Å². The molecule has 0 heterocycles. The van der Waals surface area contributed by atoms with Gasteiger partial charge in [-0.1, -0.05) is 59.3 Å². The molecule has 17 heavy (non-hydrogen) atoms. The Balaban J connectivity index is 1.93. The van der Waals surface area contributed by atoms with Crippen molar-refractivity contribution in [2.75, 3.05) is 0 Å². The molecule has 1 saturated carbocycles. The van der Waals surface area contributed by atoms with Gasteiger partial charge in [-0.2, -0.15) is 0 Å². The number of rotatable bonds is 10. The van der Waals surface area contributed by atoms with Gasteiger partial charge in [0.2, 0.25) is 0 Å². The van der Waals surface area contributed by atoms with E-state index in [0.29, 0.717) is 5.78 Å². The molecule has 1 rings (SSSR count). The van der Waals surface area contributed by atoms with Crippen LogP contribution < -0.4 is 0 Å². The van der Waals surface area contributed by atoms with Crippen LogP contribution in [0.1, 0.15) is 78.6 Å². The summed E-state index contributed by atoms with van der Waals surface area (Å²) in [4.78, 5) is 11.5. The third-order valence-corrected chi connectivity index (χ3v) is 4.15. The number of carbonyl (C=O) groups excluding carboxylic acids is 1. The molecule has 1 heteroatoms. The van der Waals surface area contributed by atoms with Crippen LogP contribution in [-0.2, 0) is 4.79 Å². The van der Waals surface area contributed by atoms with E-state index in [2.05, 4.69) is 6.92 Å². The van der Waals surface area contributed by atoms with Crippen molar-refractivity contribution in [3.63, 3.8) is 0 Å². The molecule has 2 unspecified atom stereocenters. The van der Waals surface area contributed by atoms with E-state index in [-0.39, 0.29) is 5.92 Å². The monoisotopic (exact) mass is 238 g/mol. The van der Waals surface area contributed by atoms with Gasteiger partial charge in [0.25, 0.3) is 0 Å². The number of ketones is 1. The summed E-state index contributed by atoms with van der Waals surface area (Å²) in [6, 6.07) is 0. The Morgan fingerprint density at radius 2 is 1.71 bits per heavy atom. The van der Waals surface area contributed by atoms with Crippen molar-refractivity contribution in [1.82, 2.24) is 0 Å². The van der Waals surface area contributed by atoms with Crippen LogP contribution in [0, 0.1) is 17.8 Å². The molecule has 1 aliphatic rings. The lowest BCUT2D eigenvalue weighted by molar-refractivity contribution is -0.122. The second-order valence-corrected chi connectivity index (χ2v) is 6.12. The molecule has 0 aromatic carbocycles. The van der Waals surface area contributed by atoms with Crippen molar-refractivity contribution < 1.29 is 4.79 Å². The van der Waals surface area contributed by atoms with Gasteiger partial charge in [-0.05, 0) is 24.7 Å². The number of hydrogen-bond acceptors (Lipinski definition) is 1. The van der Waals surface area contributed by atoms with E-state index in [1.54, 1.807) is 0 Å². The summed E-state index contributed by atoms with van der Waals surface area (Å²) >= 11 is 0. The summed E-state index contributed by atoms with van der Waals surface area (Å²) in [7, 11) is 0. The van der Waals surface area contributed by atoms with Crippen LogP contribution in [0.25, 0.3) is 0 Å². The Hall–Kier alpha value is -0.330. The molecule has 0 aliphatic heterocycles. The second-order valence-electron chi connectivity index (χ2n) is 6.12. The summed E-state index contributed by atoms with van der Waals surface area (Å²) in [6.07, 6.45) is 11.8. The van der Waals surface area contributed by atoms with E-state index in [1.165, 1.54) is 44.9 Å². The Morgan fingerprint density at radius 3 is 2.35 bits per heavy atom. The molecule has 0 radical (unpaired) electrons. The standard InChI is InChI=1S/C16H30O/c1-4-5-6-7-8-9-14-12-15(14)10-11-16(17)13(2)3/h13-15H,4-12H2,1-3H3. The zero-order valence-electron chi connectivity index (χ0n) is 12.0. The van der Waals surface area contributed by atoms with Crippen LogP contribution in [0.4, 0.5) is 0 Å². The van der Waals surface area contributed by atoms with Crippen LogP contribution >= 0.6 is 0 Å². The fourth-order valence-corrected chi connectivity index (χ4v) is 2.64. The lowest BCUT2D eigenvalue weighted by Gasteiger charge is -2.03. The van der Waals surface area contributed by atoms with E-state index in [4.69, 9.17) is 0 Å². The Bertz CT molecular complexity index is 220. The Morgan fingerprint density at radius 1 is 1.06 bits per heavy atom. The van der Waals surface area contributed by atoms with Crippen LogP contribution in [0.15, 0.2) is 0 Å². The van der Waals surface area contributed by atoms with Crippen LogP contribution in [0.3, 0.4) is 0 Å². The number of hydrogen-bond donors (Lipinski definition) is 0. The van der Waals surface area contributed by atoms with Gasteiger partial charge in [-0.15, -0.1) is 0 Å². The van der Waals surface area contributed by atoms with Gasteiger partial charge in [-0.3, -0.25) is 4.79 Å². The molecule has 0 aromatic rings. The topological polar surface area (TPSA) is 17.1 Å². The summed E-state index contributed by atoms with van der Waals surface area (Å²) in [5.41, 5.74) is 0. The van der Waals surface area contributed by atoms with Crippen molar-refractivity contribution >= 4 is 5.78 Å². The Labute approximate surface area is 107 Å². The van der Waals surface area contributed by atoms with Gasteiger partial charge in [0.15, 0.2) is 0 Å². The maximum Gasteiger partial charge on any atom is 0.135 e. The highest BCUT2D eigenvalue weighted by molar-refractivity contribution is 5.80. The zero-order chi connectivity index (χ0) is 12.7. The lowest BCUT2D eigenvalue weighted by Crippen LogP contribution is -2.06. The largest absolute Gasteiger partial charge is 0.299 e. The molecule has 0 amide bonds. The van der Waals surface area contributed by atoms with Gasteiger partial charge in [0.05, 0.1) is 0 Å². The highest BCUT2D eigenvalue weighted by Gasteiger charge is 2.35. The molecule has 1 nitrogen and oxygen atoms in total. The van der Waals surface area contributed by atoms with Gasteiger partial charge >= 0.3 is 0 Å². The first-order valence-electron chi connectivity index (χ1n) is 7.67. The third-order valence-electron chi connectivity index (χ3n) is 4.15. The second kappa shape index (κ2) is 7.89. The molecule has 100 valence electrons. The molecular formula is C16H30O. The SMILES string of the molecule is CCCCCCCC1CC1CCC(=O)C(C)C. The van der Waals surface area contributed by atoms with Gasteiger partial charge in [-0.25, -0.2) is 0 Å². The van der Waals surface area contributed by atoms with Crippen LogP contribution in [-0.4, -0.2) is 5.78 Å². The normalized spacial score (nSPS) is 23.1. The van der Waals surface area contributed by atoms with Gasteiger partial charge in [0, 0.05) is 12.3 Å². The van der Waals surface area contributed by atoms with Crippen molar-refractivity contribution in [1.29, 1.82) is 0 Å². The van der Waals surface area contributed by atoms with E-state index in [9.17, 15) is 4.79 Å². The minimum Gasteiger partial charge on any atom is -0.299 e. The van der Waals surface area contributed by atoms with Crippen LogP contribution in [0.2, 0.25) is 0 Å². The minimum atomic E-state index is 0.237. The van der Waals surface area contributed by atoms with E-state index in [0.717, 1.165) is 24.7 Å². The number of Topliss-reactive ketones (excluding diaryl/α,β-unsaturated/α-hetero) is 1. The van der Waals surface area contributed by atoms with Crippen molar-refractivity contribution in [2.45, 2.75) is 78.6 Å². The molecule has 0 bridgehead atoms. The molecule has 0 spiro atoms. The molecule has 1 fully saturated rings. The summed E-state index contributed by atoms with van der Waals surface area (Å²) in [5, 5.41) is 0. The van der Waals surface area contributed by atoms with E-state index >= 15 is 0 Å². The van der Waals surface area contributed by atoms with Gasteiger partial charge < -0.3 is 0 Å². The van der Waals surface area contributed by atoms with E-state index in [1.807, 2.05) is 13.8 Å². The first-order chi connectivity index (χ1) is 8.15. The predicted molar refractivity (Wildman–Crippen MR) is 74.1 cm³/mol. The Kier molecular flexibility index (Phi) is 6.84. The number of carbonyl (C=O) groups is 1. The maximum absolute atomic E-state index is 11.5. The molecule has 0 saturated heterocycles. The average Bonchev–Trinajstić information content (AvgIpc) is 3.04. The smallest absolute Gasteiger partial charge is 0.135 e. The van der Waals surface area contributed by atoms with Crippen molar-refractivity contribution in [3.05, 3.63) is 0 Å². The zero-order valence-corrected chi connectivity index (χ0v) is 12.0. The predicted octanol–water partition coefficient (Wildman–Crippen LogP) is 4.99. The average molecular weight is 238 g/mol. The summed E-state index contributed by atoms with van der Waals surface area (Å²) < 4.78 is 0. The highest BCUT2D eigenvalue weighted by Crippen LogP contribution is 2.45. The first-order valence-corrected chi connectivity index (χ1v) is 7.67. The van der Waals surface area contributed by atoms with Crippen molar-refractivity contribution in [3.8, 4) is 0 Å². The highest BCUT2D eigenvalue weighted by atomic mass is 16.1. The third kappa shape index (κ3) is 6.24. The molecule has 1 aliphatic carbocycles. The minimum absolute atomic E-state index is 0.237. The fourth-order valence-electron chi connectivity index (χ4n) is 2.64.